The third kappa shape index (κ3) is 0.808. The lowest BCUT2D eigenvalue weighted by Gasteiger charge is -2.22. The summed E-state index contributed by atoms with van der Waals surface area (Å²) < 4.78 is 0. The van der Waals surface area contributed by atoms with Crippen molar-refractivity contribution < 1.29 is 4.79 Å². The summed E-state index contributed by atoms with van der Waals surface area (Å²) in [6.07, 6.45) is 8.60. The largest absolute Gasteiger partial charge is 0.299 e. The van der Waals surface area contributed by atoms with Gasteiger partial charge in [0.25, 0.3) is 0 Å². The number of carbonyl (C=O) groups is 1. The first-order valence-electron chi connectivity index (χ1n) is 4.07. The minimum absolute atomic E-state index is 0.383. The van der Waals surface area contributed by atoms with Gasteiger partial charge in [0, 0.05) is 12.3 Å². The van der Waals surface area contributed by atoms with Gasteiger partial charge >= 0.3 is 0 Å². The van der Waals surface area contributed by atoms with Crippen LogP contribution in [0.1, 0.15) is 25.7 Å². The molecule has 0 aliphatic heterocycles. The number of carbonyl (C=O) groups excluding carboxylic acids is 1. The van der Waals surface area contributed by atoms with E-state index in [0.717, 1.165) is 19.3 Å². The van der Waals surface area contributed by atoms with Gasteiger partial charge in [0.05, 0.1) is 0 Å². The third-order valence-electron chi connectivity index (χ3n) is 2.66. The van der Waals surface area contributed by atoms with E-state index in [2.05, 4.69) is 12.2 Å². The van der Waals surface area contributed by atoms with Crippen molar-refractivity contribution in [1.82, 2.24) is 0 Å². The quantitative estimate of drug-likeness (QED) is 0.465. The van der Waals surface area contributed by atoms with Crippen molar-refractivity contribution in [2.75, 3.05) is 0 Å². The molecule has 0 heterocycles. The van der Waals surface area contributed by atoms with Crippen molar-refractivity contribution in [3.05, 3.63) is 12.2 Å². The fraction of sp³-hybridized carbons (Fsp3) is 0.667. The minimum Gasteiger partial charge on any atom is -0.299 e. The molecule has 0 N–H and O–H groups in total. The lowest BCUT2D eigenvalue weighted by molar-refractivity contribution is -0.125. The predicted octanol–water partition coefficient (Wildman–Crippen LogP) is 1.93. The van der Waals surface area contributed by atoms with Crippen molar-refractivity contribution in [2.24, 2.45) is 11.8 Å². The van der Waals surface area contributed by atoms with Crippen LogP contribution in [-0.2, 0) is 4.79 Å². The summed E-state index contributed by atoms with van der Waals surface area (Å²) in [5.74, 6) is 1.50. The summed E-state index contributed by atoms with van der Waals surface area (Å²) >= 11 is 0. The zero-order chi connectivity index (χ0) is 6.97. The Labute approximate surface area is 61.1 Å². The number of hydrogen-bond acceptors (Lipinski definition) is 1. The number of ketones is 1. The Hall–Kier alpha value is -0.590. The lowest BCUT2D eigenvalue weighted by atomic mass is 9.80. The van der Waals surface area contributed by atoms with E-state index in [0.29, 0.717) is 17.6 Å². The molecular formula is C9H12O. The van der Waals surface area contributed by atoms with E-state index in [-0.39, 0.29) is 0 Å². The summed E-state index contributed by atoms with van der Waals surface area (Å²) in [5, 5.41) is 0. The standard InChI is InChI=1S/C9H12O/c10-9-6-2-4-7-3-1-5-8(7)9/h1,3,7-8H,2,4-6H2. The molecule has 1 heteroatoms. The highest BCUT2D eigenvalue weighted by atomic mass is 16.1. The van der Waals surface area contributed by atoms with E-state index in [1.165, 1.54) is 6.42 Å². The molecule has 1 nitrogen and oxygen atoms in total. The fourth-order valence-corrected chi connectivity index (χ4v) is 2.07. The molecule has 0 bridgehead atoms. The normalized spacial score (nSPS) is 38.2. The molecule has 1 fully saturated rings. The van der Waals surface area contributed by atoms with Crippen molar-refractivity contribution >= 4 is 5.78 Å². The number of Topliss-reactive ketones (excluding diaryl/α,β-unsaturated/α-hetero) is 1. The molecule has 0 radical (unpaired) electrons. The molecule has 0 aromatic carbocycles. The van der Waals surface area contributed by atoms with Gasteiger partial charge in [0.15, 0.2) is 0 Å². The molecule has 2 rings (SSSR count). The molecular weight excluding hydrogens is 124 g/mol. The third-order valence-corrected chi connectivity index (χ3v) is 2.66. The zero-order valence-corrected chi connectivity index (χ0v) is 6.05. The molecule has 54 valence electrons. The number of hydrogen-bond donors (Lipinski definition) is 0. The van der Waals surface area contributed by atoms with Crippen LogP contribution >= 0.6 is 0 Å². The van der Waals surface area contributed by atoms with Crippen LogP contribution in [0.2, 0.25) is 0 Å². The highest BCUT2D eigenvalue weighted by molar-refractivity contribution is 5.82. The summed E-state index contributed by atoms with van der Waals surface area (Å²) in [7, 11) is 0. The van der Waals surface area contributed by atoms with E-state index in [4.69, 9.17) is 0 Å². The van der Waals surface area contributed by atoms with Crippen LogP contribution in [-0.4, -0.2) is 5.78 Å². The van der Waals surface area contributed by atoms with Gasteiger partial charge in [0.1, 0.15) is 5.78 Å². The smallest absolute Gasteiger partial charge is 0.136 e. The van der Waals surface area contributed by atoms with E-state index in [1.807, 2.05) is 0 Å². The Morgan fingerprint density at radius 3 is 3.20 bits per heavy atom. The maximum Gasteiger partial charge on any atom is 0.136 e. The average Bonchev–Trinajstić information content (AvgIpc) is 2.36. The molecule has 2 aliphatic rings. The van der Waals surface area contributed by atoms with E-state index >= 15 is 0 Å². The van der Waals surface area contributed by atoms with Gasteiger partial charge in [-0.15, -0.1) is 0 Å². The molecule has 1 saturated carbocycles. The van der Waals surface area contributed by atoms with Crippen LogP contribution < -0.4 is 0 Å². The zero-order valence-electron chi connectivity index (χ0n) is 6.05. The van der Waals surface area contributed by atoms with Gasteiger partial charge in [-0.2, -0.15) is 0 Å². The van der Waals surface area contributed by atoms with Crippen LogP contribution in [0.5, 0.6) is 0 Å². The lowest BCUT2D eigenvalue weighted by Crippen LogP contribution is -2.23. The first-order chi connectivity index (χ1) is 4.88. The minimum atomic E-state index is 0.383. The maximum atomic E-state index is 11.2. The second-order valence-corrected chi connectivity index (χ2v) is 3.29. The molecule has 0 amide bonds. The Morgan fingerprint density at radius 1 is 1.50 bits per heavy atom. The average molecular weight is 136 g/mol. The van der Waals surface area contributed by atoms with Crippen molar-refractivity contribution in [1.29, 1.82) is 0 Å². The van der Waals surface area contributed by atoms with Gasteiger partial charge in [-0.25, -0.2) is 0 Å². The molecule has 10 heavy (non-hydrogen) atoms. The molecule has 0 saturated heterocycles. The van der Waals surface area contributed by atoms with Crippen molar-refractivity contribution in [3.8, 4) is 0 Å². The second-order valence-electron chi connectivity index (χ2n) is 3.29. The van der Waals surface area contributed by atoms with Gasteiger partial charge in [0.2, 0.25) is 0 Å². The molecule has 2 aliphatic carbocycles. The summed E-state index contributed by atoms with van der Waals surface area (Å²) in [6, 6.07) is 0. The van der Waals surface area contributed by atoms with E-state index in [9.17, 15) is 4.79 Å². The van der Waals surface area contributed by atoms with Gasteiger partial charge in [-0.1, -0.05) is 12.2 Å². The van der Waals surface area contributed by atoms with E-state index < -0.39 is 0 Å². The highest BCUT2D eigenvalue weighted by Gasteiger charge is 2.31. The second kappa shape index (κ2) is 2.22. The molecule has 2 unspecified atom stereocenters. The Balaban J connectivity index is 2.14. The predicted molar refractivity (Wildman–Crippen MR) is 39.6 cm³/mol. The van der Waals surface area contributed by atoms with Crippen LogP contribution in [0.4, 0.5) is 0 Å². The number of allylic oxidation sites excluding steroid dienone is 2. The first-order valence-corrected chi connectivity index (χ1v) is 4.07. The molecule has 0 spiro atoms. The molecule has 0 aromatic heterocycles. The number of rotatable bonds is 0. The Bertz CT molecular complexity index is 181. The fourth-order valence-electron chi connectivity index (χ4n) is 2.07. The van der Waals surface area contributed by atoms with Gasteiger partial charge < -0.3 is 0 Å². The van der Waals surface area contributed by atoms with Gasteiger partial charge in [-0.05, 0) is 25.2 Å². The summed E-state index contributed by atoms with van der Waals surface area (Å²) in [4.78, 5) is 11.2. The monoisotopic (exact) mass is 136 g/mol. The van der Waals surface area contributed by atoms with Crippen molar-refractivity contribution in [3.63, 3.8) is 0 Å². The van der Waals surface area contributed by atoms with Crippen LogP contribution in [0, 0.1) is 11.8 Å². The first kappa shape index (κ1) is 6.14. The van der Waals surface area contributed by atoms with Crippen molar-refractivity contribution in [2.45, 2.75) is 25.7 Å². The van der Waals surface area contributed by atoms with Gasteiger partial charge in [-0.3, -0.25) is 4.79 Å². The van der Waals surface area contributed by atoms with Crippen LogP contribution in [0.15, 0.2) is 12.2 Å². The molecule has 2 atom stereocenters. The van der Waals surface area contributed by atoms with Crippen LogP contribution in [0.3, 0.4) is 0 Å². The van der Waals surface area contributed by atoms with E-state index in [1.54, 1.807) is 0 Å². The Morgan fingerprint density at radius 2 is 2.40 bits per heavy atom. The number of fused-ring (bicyclic) bond motifs is 1. The maximum absolute atomic E-state index is 11.2. The molecule has 0 aromatic rings. The van der Waals surface area contributed by atoms with Crippen LogP contribution in [0.25, 0.3) is 0 Å². The highest BCUT2D eigenvalue weighted by Crippen LogP contribution is 2.35. The summed E-state index contributed by atoms with van der Waals surface area (Å²) in [6.45, 7) is 0. The summed E-state index contributed by atoms with van der Waals surface area (Å²) in [5.41, 5.74) is 0. The topological polar surface area (TPSA) is 17.1 Å². The SMILES string of the molecule is O=C1CCCC2C=CCC12. The Kier molecular flexibility index (Phi) is 1.37.